The zero-order chi connectivity index (χ0) is 17.2. The highest BCUT2D eigenvalue weighted by molar-refractivity contribution is 8.00. The van der Waals surface area contributed by atoms with Crippen LogP contribution in [0.15, 0.2) is 52.2 Å². The van der Waals surface area contributed by atoms with Crippen LogP contribution in [0.2, 0.25) is 5.02 Å². The van der Waals surface area contributed by atoms with Crippen molar-refractivity contribution in [1.29, 1.82) is 0 Å². The third-order valence-corrected chi connectivity index (χ3v) is 5.76. The molecule has 3 aromatic rings. The second-order valence-electron chi connectivity index (χ2n) is 5.94. The first-order valence-electron chi connectivity index (χ1n) is 8.11. The van der Waals surface area contributed by atoms with Gasteiger partial charge in [0.05, 0.1) is 18.1 Å². The lowest BCUT2D eigenvalue weighted by atomic mass is 10.2. The Bertz CT molecular complexity index is 874. The van der Waals surface area contributed by atoms with Gasteiger partial charge in [-0.15, -0.1) is 10.2 Å². The summed E-state index contributed by atoms with van der Waals surface area (Å²) in [5, 5.41) is 10.1. The van der Waals surface area contributed by atoms with Crippen LogP contribution in [0.3, 0.4) is 0 Å². The lowest BCUT2D eigenvalue weighted by Gasteiger charge is -2.11. The lowest BCUT2D eigenvalue weighted by Crippen LogP contribution is -2.11. The Morgan fingerprint density at radius 2 is 2.08 bits per heavy atom. The largest absolute Gasteiger partial charge is 0.467 e. The molecule has 0 aliphatic heterocycles. The fourth-order valence-electron chi connectivity index (χ4n) is 2.92. The molecule has 25 heavy (non-hydrogen) atoms. The molecule has 2 aromatic heterocycles. The number of aromatic nitrogens is 3. The van der Waals surface area contributed by atoms with Gasteiger partial charge in [-0.25, -0.2) is 0 Å². The number of nitrogens with zero attached hydrogens (tertiary/aromatic N) is 3. The first-order chi connectivity index (χ1) is 12.2. The fraction of sp³-hybridized carbons (Fsp3) is 0.278. The molecule has 1 saturated carbocycles. The van der Waals surface area contributed by atoms with Crippen molar-refractivity contribution in [3.05, 3.63) is 53.4 Å². The first-order valence-corrected chi connectivity index (χ1v) is 9.37. The molecule has 5 nitrogen and oxygen atoms in total. The van der Waals surface area contributed by atoms with Crippen LogP contribution in [-0.4, -0.2) is 25.8 Å². The van der Waals surface area contributed by atoms with Crippen LogP contribution < -0.4 is 0 Å². The molecule has 0 unspecified atom stereocenters. The van der Waals surface area contributed by atoms with Crippen LogP contribution in [0.4, 0.5) is 0 Å². The smallest absolute Gasteiger partial charge is 0.192 e. The van der Waals surface area contributed by atoms with Gasteiger partial charge in [-0.3, -0.25) is 9.36 Å². The van der Waals surface area contributed by atoms with E-state index in [1.165, 1.54) is 11.8 Å². The number of halogens is 1. The van der Waals surface area contributed by atoms with Crippen molar-refractivity contribution in [2.24, 2.45) is 0 Å². The average Bonchev–Trinajstić information content (AvgIpc) is 3.34. The summed E-state index contributed by atoms with van der Waals surface area (Å²) in [4.78, 5) is 12.0. The van der Waals surface area contributed by atoms with Crippen LogP contribution >= 0.6 is 23.4 Å². The minimum absolute atomic E-state index is 0.0300. The molecule has 0 radical (unpaired) electrons. The molecule has 0 bridgehead atoms. The van der Waals surface area contributed by atoms with Crippen LogP contribution in [0.5, 0.6) is 0 Å². The summed E-state index contributed by atoms with van der Waals surface area (Å²) < 4.78 is 7.49. The van der Waals surface area contributed by atoms with E-state index in [1.807, 2.05) is 41.0 Å². The number of thioether (sulfide) groups is 1. The Labute approximate surface area is 154 Å². The minimum atomic E-state index is -0.0300. The number of carbonyl (C=O) groups is 1. The van der Waals surface area contributed by atoms with E-state index in [1.54, 1.807) is 6.26 Å². The molecule has 0 saturated heterocycles. The van der Waals surface area contributed by atoms with Crippen molar-refractivity contribution in [2.75, 3.05) is 0 Å². The third kappa shape index (κ3) is 3.50. The molecule has 0 N–H and O–H groups in total. The average molecular weight is 374 g/mol. The normalized spacial score (nSPS) is 17.3. The Balaban J connectivity index is 1.70. The van der Waals surface area contributed by atoms with E-state index in [9.17, 15) is 4.79 Å². The summed E-state index contributed by atoms with van der Waals surface area (Å²) in [5.74, 6) is 1.85. The number of hydrogen-bond acceptors (Lipinski definition) is 5. The van der Waals surface area contributed by atoms with Crippen LogP contribution in [0, 0.1) is 0 Å². The van der Waals surface area contributed by atoms with Crippen LogP contribution in [-0.2, 0) is 11.3 Å². The van der Waals surface area contributed by atoms with Crippen LogP contribution in [0.1, 0.15) is 25.0 Å². The van der Waals surface area contributed by atoms with Crippen molar-refractivity contribution in [3.63, 3.8) is 0 Å². The number of benzene rings is 1. The van der Waals surface area contributed by atoms with Gasteiger partial charge in [0.2, 0.25) is 0 Å². The Hall–Kier alpha value is -2.05. The molecule has 0 amide bonds. The van der Waals surface area contributed by atoms with Gasteiger partial charge in [-0.2, -0.15) is 0 Å². The quantitative estimate of drug-likeness (QED) is 0.661. The van der Waals surface area contributed by atoms with Crippen molar-refractivity contribution in [2.45, 2.75) is 36.2 Å². The zero-order valence-electron chi connectivity index (χ0n) is 13.4. The molecule has 4 rings (SSSR count). The molecule has 1 fully saturated rings. The Morgan fingerprint density at radius 3 is 2.76 bits per heavy atom. The van der Waals surface area contributed by atoms with E-state index < -0.39 is 0 Å². The van der Waals surface area contributed by atoms with Crippen molar-refractivity contribution in [1.82, 2.24) is 14.8 Å². The van der Waals surface area contributed by atoms with Gasteiger partial charge < -0.3 is 4.42 Å². The van der Waals surface area contributed by atoms with E-state index in [4.69, 9.17) is 16.0 Å². The number of rotatable bonds is 5. The summed E-state index contributed by atoms with van der Waals surface area (Å²) in [5.41, 5.74) is 0.924. The molecule has 7 heteroatoms. The van der Waals surface area contributed by atoms with Crippen molar-refractivity contribution >= 4 is 29.1 Å². The maximum absolute atomic E-state index is 12.0. The molecule has 1 aliphatic rings. The molecular weight excluding hydrogens is 358 g/mol. The highest BCUT2D eigenvalue weighted by Crippen LogP contribution is 2.34. The minimum Gasteiger partial charge on any atom is -0.467 e. The fourth-order valence-corrected chi connectivity index (χ4v) is 4.21. The first kappa shape index (κ1) is 16.4. The molecule has 2 heterocycles. The number of carbonyl (C=O) groups excluding carboxylic acids is 1. The van der Waals surface area contributed by atoms with Gasteiger partial charge in [0.15, 0.2) is 11.0 Å². The predicted molar refractivity (Wildman–Crippen MR) is 96.8 cm³/mol. The van der Waals surface area contributed by atoms with E-state index in [2.05, 4.69) is 10.2 Å². The number of furan rings is 1. The Kier molecular flexibility index (Phi) is 4.63. The SMILES string of the molecule is O=C1CCC[C@H]1Sc1nnc(-c2ccc(Cl)cc2)n1Cc1ccco1. The van der Waals surface area contributed by atoms with E-state index in [0.29, 0.717) is 23.8 Å². The maximum Gasteiger partial charge on any atom is 0.192 e. The summed E-state index contributed by atoms with van der Waals surface area (Å²) in [7, 11) is 0. The molecule has 1 aromatic carbocycles. The summed E-state index contributed by atoms with van der Waals surface area (Å²) >= 11 is 7.49. The van der Waals surface area contributed by atoms with Gasteiger partial charge in [0, 0.05) is 17.0 Å². The molecule has 1 atom stereocenters. The predicted octanol–water partition coefficient (Wildman–Crippen LogP) is 4.45. The van der Waals surface area contributed by atoms with Gasteiger partial charge in [-0.05, 0) is 49.2 Å². The van der Waals surface area contributed by atoms with E-state index in [0.717, 1.165) is 35.1 Å². The Morgan fingerprint density at radius 1 is 1.24 bits per heavy atom. The highest BCUT2D eigenvalue weighted by Gasteiger charge is 2.28. The second kappa shape index (κ2) is 7.06. The maximum atomic E-state index is 12.0. The third-order valence-electron chi connectivity index (χ3n) is 4.21. The lowest BCUT2D eigenvalue weighted by molar-refractivity contribution is -0.116. The van der Waals surface area contributed by atoms with Crippen molar-refractivity contribution in [3.8, 4) is 11.4 Å². The molecular formula is C18H16ClN3O2S. The summed E-state index contributed by atoms with van der Waals surface area (Å²) in [6.07, 6.45) is 4.16. The van der Waals surface area contributed by atoms with Gasteiger partial charge >= 0.3 is 0 Å². The molecule has 1 aliphatic carbocycles. The molecule has 0 spiro atoms. The van der Waals surface area contributed by atoms with Gasteiger partial charge in [0.1, 0.15) is 11.5 Å². The highest BCUT2D eigenvalue weighted by atomic mass is 35.5. The second-order valence-corrected chi connectivity index (χ2v) is 7.55. The molecule has 128 valence electrons. The summed E-state index contributed by atoms with van der Waals surface area (Å²) in [6, 6.07) is 11.3. The number of ketones is 1. The van der Waals surface area contributed by atoms with Crippen LogP contribution in [0.25, 0.3) is 11.4 Å². The summed E-state index contributed by atoms with van der Waals surface area (Å²) in [6.45, 7) is 0.515. The number of Topliss-reactive ketones (excluding diaryl/α,β-unsaturated/α-hetero) is 1. The van der Waals surface area contributed by atoms with Gasteiger partial charge in [-0.1, -0.05) is 23.4 Å². The van der Waals surface area contributed by atoms with E-state index in [-0.39, 0.29) is 5.25 Å². The monoisotopic (exact) mass is 373 g/mol. The van der Waals surface area contributed by atoms with Crippen molar-refractivity contribution < 1.29 is 9.21 Å². The topological polar surface area (TPSA) is 60.9 Å². The van der Waals surface area contributed by atoms with E-state index >= 15 is 0 Å². The standard InChI is InChI=1S/C18H16ClN3O2S/c19-13-8-6-12(7-9-13)17-20-21-18(25-16-5-1-4-15(16)23)22(17)11-14-3-2-10-24-14/h2-3,6-10,16H,1,4-5,11H2/t16-/m1/s1. The zero-order valence-corrected chi connectivity index (χ0v) is 15.0. The number of hydrogen-bond donors (Lipinski definition) is 0. The van der Waals surface area contributed by atoms with Gasteiger partial charge in [0.25, 0.3) is 0 Å².